The highest BCUT2D eigenvalue weighted by Gasteiger charge is 2.42. The Morgan fingerprint density at radius 3 is 2.50 bits per heavy atom. The largest absolute Gasteiger partial charge is 0.493 e. The van der Waals surface area contributed by atoms with Gasteiger partial charge in [0.15, 0.2) is 11.5 Å². The Bertz CT molecular complexity index is 630. The van der Waals surface area contributed by atoms with Gasteiger partial charge in [0.1, 0.15) is 0 Å². The zero-order valence-electron chi connectivity index (χ0n) is 15.6. The highest BCUT2D eigenvalue weighted by Crippen LogP contribution is 2.45. The predicted molar refractivity (Wildman–Crippen MR) is 102 cm³/mol. The Hall–Kier alpha value is -1.50. The molecule has 7 heteroatoms. The highest BCUT2D eigenvalue weighted by atomic mass is 35.5. The zero-order chi connectivity index (χ0) is 17.9. The van der Waals surface area contributed by atoms with Crippen molar-refractivity contribution in [1.29, 1.82) is 0 Å². The number of hydrogen-bond acceptors (Lipinski definition) is 5. The van der Waals surface area contributed by atoms with Crippen LogP contribution in [0.25, 0.3) is 0 Å². The van der Waals surface area contributed by atoms with Crippen LogP contribution in [0.4, 0.5) is 0 Å². The standard InChI is InChI=1S/C19H28N2O4.ClH/c1-23-16-12-14-5-11-25-19(15(14)13-17(16)24-2)6-9-21(10-7-19)18(22)4-3-8-20;/h12-13H,3-11,20H2,1-2H3;1H. The summed E-state index contributed by atoms with van der Waals surface area (Å²) in [7, 11) is 3.31. The number of ether oxygens (including phenoxy) is 3. The van der Waals surface area contributed by atoms with E-state index in [2.05, 4.69) is 12.1 Å². The van der Waals surface area contributed by atoms with Crippen molar-refractivity contribution < 1.29 is 19.0 Å². The van der Waals surface area contributed by atoms with Crippen LogP contribution in [-0.2, 0) is 21.6 Å². The van der Waals surface area contributed by atoms with Gasteiger partial charge in [-0.1, -0.05) is 0 Å². The maximum atomic E-state index is 12.3. The molecule has 0 bridgehead atoms. The molecule has 2 N–H and O–H groups in total. The summed E-state index contributed by atoms with van der Waals surface area (Å²) in [6.45, 7) is 2.69. The molecule has 1 amide bonds. The molecule has 0 unspecified atom stereocenters. The first kappa shape index (κ1) is 20.8. The van der Waals surface area contributed by atoms with Gasteiger partial charge in [0, 0.05) is 19.5 Å². The van der Waals surface area contributed by atoms with Crippen LogP contribution in [-0.4, -0.2) is 51.3 Å². The predicted octanol–water partition coefficient (Wildman–Crippen LogP) is 2.25. The van der Waals surface area contributed by atoms with Gasteiger partial charge < -0.3 is 24.8 Å². The van der Waals surface area contributed by atoms with Gasteiger partial charge in [0.05, 0.1) is 26.4 Å². The van der Waals surface area contributed by atoms with Crippen molar-refractivity contribution in [3.05, 3.63) is 23.3 Å². The smallest absolute Gasteiger partial charge is 0.222 e. The van der Waals surface area contributed by atoms with Crippen LogP contribution >= 0.6 is 12.4 Å². The number of hydrogen-bond donors (Lipinski definition) is 1. The van der Waals surface area contributed by atoms with Gasteiger partial charge in [-0.3, -0.25) is 4.79 Å². The molecule has 1 aromatic carbocycles. The number of benzene rings is 1. The van der Waals surface area contributed by atoms with Gasteiger partial charge in [-0.2, -0.15) is 0 Å². The second-order valence-corrected chi connectivity index (χ2v) is 6.73. The average Bonchev–Trinajstić information content (AvgIpc) is 2.66. The molecule has 146 valence electrons. The molecule has 0 aromatic heterocycles. The molecule has 26 heavy (non-hydrogen) atoms. The molecule has 2 aliphatic rings. The molecule has 1 fully saturated rings. The van der Waals surface area contributed by atoms with E-state index >= 15 is 0 Å². The third-order valence-corrected chi connectivity index (χ3v) is 5.37. The summed E-state index contributed by atoms with van der Waals surface area (Å²) < 4.78 is 17.2. The average molecular weight is 385 g/mol. The lowest BCUT2D eigenvalue weighted by molar-refractivity contribution is -0.140. The maximum absolute atomic E-state index is 12.3. The lowest BCUT2D eigenvalue weighted by Crippen LogP contribution is -2.48. The molecule has 3 rings (SSSR count). The minimum Gasteiger partial charge on any atom is -0.493 e. The molecule has 2 aliphatic heterocycles. The number of halogens is 1. The number of carbonyl (C=O) groups is 1. The number of methoxy groups -OCH3 is 2. The molecular weight excluding hydrogens is 356 g/mol. The van der Waals surface area contributed by atoms with E-state index in [-0.39, 0.29) is 23.9 Å². The van der Waals surface area contributed by atoms with Crippen molar-refractivity contribution in [2.24, 2.45) is 5.73 Å². The molecular formula is C19H29ClN2O4. The van der Waals surface area contributed by atoms with Gasteiger partial charge in [-0.25, -0.2) is 0 Å². The lowest BCUT2D eigenvalue weighted by atomic mass is 9.79. The Kier molecular flexibility index (Phi) is 7.15. The summed E-state index contributed by atoms with van der Waals surface area (Å²) in [5.74, 6) is 1.68. The van der Waals surface area contributed by atoms with Crippen LogP contribution in [0.5, 0.6) is 11.5 Å². The van der Waals surface area contributed by atoms with Crippen LogP contribution in [0.1, 0.15) is 36.8 Å². The van der Waals surface area contributed by atoms with Crippen molar-refractivity contribution in [2.75, 3.05) is 40.5 Å². The molecule has 1 saturated heterocycles. The fourth-order valence-electron chi connectivity index (χ4n) is 3.93. The van der Waals surface area contributed by atoms with E-state index in [0.29, 0.717) is 19.6 Å². The van der Waals surface area contributed by atoms with Crippen LogP contribution in [0.15, 0.2) is 12.1 Å². The Balaban J connectivity index is 0.00000243. The highest BCUT2D eigenvalue weighted by molar-refractivity contribution is 5.85. The van der Waals surface area contributed by atoms with Gasteiger partial charge in [-0.05, 0) is 55.5 Å². The molecule has 0 atom stereocenters. The molecule has 0 radical (unpaired) electrons. The van der Waals surface area contributed by atoms with E-state index in [1.807, 2.05) is 4.90 Å². The zero-order valence-corrected chi connectivity index (χ0v) is 16.4. The molecule has 0 saturated carbocycles. The van der Waals surface area contributed by atoms with Gasteiger partial charge >= 0.3 is 0 Å². The quantitative estimate of drug-likeness (QED) is 0.842. The minimum atomic E-state index is -0.322. The van der Waals surface area contributed by atoms with Crippen LogP contribution in [0.3, 0.4) is 0 Å². The Morgan fingerprint density at radius 1 is 1.23 bits per heavy atom. The summed E-state index contributed by atoms with van der Waals surface area (Å²) >= 11 is 0. The number of piperidine rings is 1. The van der Waals surface area contributed by atoms with Crippen molar-refractivity contribution in [2.45, 2.75) is 37.7 Å². The number of rotatable bonds is 5. The van der Waals surface area contributed by atoms with E-state index in [9.17, 15) is 4.79 Å². The monoisotopic (exact) mass is 384 g/mol. The second-order valence-electron chi connectivity index (χ2n) is 6.73. The lowest BCUT2D eigenvalue weighted by Gasteiger charge is -2.45. The summed E-state index contributed by atoms with van der Waals surface area (Å²) in [6.07, 6.45) is 3.77. The fourth-order valence-corrected chi connectivity index (χ4v) is 3.93. The normalized spacial score (nSPS) is 18.0. The van der Waals surface area contributed by atoms with Gasteiger partial charge in [-0.15, -0.1) is 12.4 Å². The van der Waals surface area contributed by atoms with Crippen molar-refractivity contribution in [3.63, 3.8) is 0 Å². The van der Waals surface area contributed by atoms with E-state index in [1.54, 1.807) is 14.2 Å². The maximum Gasteiger partial charge on any atom is 0.222 e. The Labute approximate surface area is 161 Å². The first-order valence-electron chi connectivity index (χ1n) is 9.00. The summed E-state index contributed by atoms with van der Waals surface area (Å²) in [5, 5.41) is 0. The molecule has 1 spiro atoms. The van der Waals surface area contributed by atoms with Gasteiger partial charge in [0.25, 0.3) is 0 Å². The van der Waals surface area contributed by atoms with Crippen molar-refractivity contribution >= 4 is 18.3 Å². The van der Waals surface area contributed by atoms with Gasteiger partial charge in [0.2, 0.25) is 5.91 Å². The van der Waals surface area contributed by atoms with E-state index in [0.717, 1.165) is 50.3 Å². The third kappa shape index (κ3) is 3.92. The first-order chi connectivity index (χ1) is 12.1. The number of amides is 1. The van der Waals surface area contributed by atoms with Crippen LogP contribution < -0.4 is 15.2 Å². The Morgan fingerprint density at radius 2 is 1.88 bits per heavy atom. The fraction of sp³-hybridized carbons (Fsp3) is 0.632. The number of nitrogens with two attached hydrogens (primary N) is 1. The molecule has 6 nitrogen and oxygen atoms in total. The summed E-state index contributed by atoms with van der Waals surface area (Å²) in [4.78, 5) is 14.2. The van der Waals surface area contributed by atoms with E-state index in [4.69, 9.17) is 19.9 Å². The molecule has 0 aliphatic carbocycles. The SMILES string of the molecule is COc1cc2c(cc1OC)C1(CCN(C(=O)CCCN)CC1)OCC2.Cl. The van der Waals surface area contributed by atoms with Crippen molar-refractivity contribution in [3.8, 4) is 11.5 Å². The number of nitrogens with zero attached hydrogens (tertiary/aromatic N) is 1. The summed E-state index contributed by atoms with van der Waals surface area (Å²) in [6, 6.07) is 4.12. The van der Waals surface area contributed by atoms with E-state index in [1.165, 1.54) is 11.1 Å². The summed E-state index contributed by atoms with van der Waals surface area (Å²) in [5.41, 5.74) is 7.63. The second kappa shape index (κ2) is 8.93. The third-order valence-electron chi connectivity index (χ3n) is 5.37. The first-order valence-corrected chi connectivity index (χ1v) is 9.00. The van der Waals surface area contributed by atoms with Crippen LogP contribution in [0.2, 0.25) is 0 Å². The van der Waals surface area contributed by atoms with Crippen LogP contribution in [0, 0.1) is 0 Å². The number of fused-ring (bicyclic) bond motifs is 2. The minimum absolute atomic E-state index is 0. The number of carbonyl (C=O) groups excluding carboxylic acids is 1. The molecule has 1 aromatic rings. The van der Waals surface area contributed by atoms with Crippen molar-refractivity contribution in [1.82, 2.24) is 4.90 Å². The number of likely N-dealkylation sites (tertiary alicyclic amines) is 1. The molecule has 2 heterocycles. The van der Waals surface area contributed by atoms with E-state index < -0.39 is 0 Å². The topological polar surface area (TPSA) is 74.0 Å².